The minimum absolute atomic E-state index is 1.31. The van der Waals surface area contributed by atoms with Crippen molar-refractivity contribution in [2.45, 2.75) is 60.8 Å². The summed E-state index contributed by atoms with van der Waals surface area (Å²) in [6.45, 7) is 12.4. The molecule has 0 aliphatic heterocycles. The Morgan fingerprint density at radius 3 is 0.655 bits per heavy atom. The zero-order valence-corrected chi connectivity index (χ0v) is 19.4. The van der Waals surface area contributed by atoms with Gasteiger partial charge in [-0.1, -0.05) is 158 Å². The number of benzene rings is 4. The first-order valence-corrected chi connectivity index (χ1v) is 11.2. The first-order valence-electron chi connectivity index (χ1n) is 11.2. The number of unbranched alkanes of at least 4 members (excludes halogenated alkanes) is 2. The van der Waals surface area contributed by atoms with Crippen LogP contribution in [-0.2, 0) is 0 Å². The standard InChI is InChI=1S/2C10H8.C5H12.2C2H6/c2*1-2-6-10-8-4-3-7-9(10)5-1;1-3-5-4-2;2*1-2/h2*1-8H;3-5H2,1-2H3;2*1-2H3. The molecule has 0 aromatic heterocycles. The highest BCUT2D eigenvalue weighted by Gasteiger charge is 1.86. The van der Waals surface area contributed by atoms with E-state index in [-0.39, 0.29) is 0 Å². The molecule has 0 heteroatoms. The van der Waals surface area contributed by atoms with Crippen molar-refractivity contribution < 1.29 is 0 Å². The summed E-state index contributed by atoms with van der Waals surface area (Å²) in [6.07, 6.45) is 4.08. The fourth-order valence-electron chi connectivity index (χ4n) is 2.62. The molecular weight excluding hydrogens is 348 g/mol. The molecular formula is C29H40. The Kier molecular flexibility index (Phi) is 17.1. The van der Waals surface area contributed by atoms with Crippen molar-refractivity contribution in [1.29, 1.82) is 0 Å². The van der Waals surface area contributed by atoms with Gasteiger partial charge in [0.1, 0.15) is 0 Å². The molecule has 0 aliphatic rings. The summed E-state index contributed by atoms with van der Waals surface area (Å²) >= 11 is 0. The van der Waals surface area contributed by atoms with Gasteiger partial charge in [0.25, 0.3) is 0 Å². The number of fused-ring (bicyclic) bond motifs is 2. The molecule has 0 radical (unpaired) electrons. The molecule has 0 saturated heterocycles. The van der Waals surface area contributed by atoms with E-state index in [1.54, 1.807) is 0 Å². The topological polar surface area (TPSA) is 0 Å². The SMILES string of the molecule is CC.CC.CCCCC.c1ccc2ccccc2c1.c1ccc2ccccc2c1. The third kappa shape index (κ3) is 11.1. The van der Waals surface area contributed by atoms with Crippen molar-refractivity contribution in [3.8, 4) is 0 Å². The van der Waals surface area contributed by atoms with E-state index in [1.807, 2.05) is 27.7 Å². The van der Waals surface area contributed by atoms with Crippen LogP contribution in [0.4, 0.5) is 0 Å². The maximum Gasteiger partial charge on any atom is -0.0184 e. The monoisotopic (exact) mass is 388 g/mol. The van der Waals surface area contributed by atoms with Gasteiger partial charge in [-0.15, -0.1) is 0 Å². The van der Waals surface area contributed by atoms with Crippen molar-refractivity contribution in [2.75, 3.05) is 0 Å². The summed E-state index contributed by atoms with van der Waals surface area (Å²) in [6, 6.07) is 33.4. The summed E-state index contributed by atoms with van der Waals surface area (Å²) in [5.41, 5.74) is 0. The molecule has 4 aromatic rings. The van der Waals surface area contributed by atoms with E-state index in [0.717, 1.165) is 0 Å². The third-order valence-corrected chi connectivity index (χ3v) is 4.02. The van der Waals surface area contributed by atoms with Gasteiger partial charge in [-0.2, -0.15) is 0 Å². The van der Waals surface area contributed by atoms with Crippen LogP contribution in [0.1, 0.15) is 60.8 Å². The molecule has 0 fully saturated rings. The molecule has 0 N–H and O–H groups in total. The van der Waals surface area contributed by atoms with Gasteiger partial charge in [0.05, 0.1) is 0 Å². The Bertz CT molecular complexity index is 657. The average molecular weight is 389 g/mol. The van der Waals surface area contributed by atoms with Gasteiger partial charge < -0.3 is 0 Å². The number of hydrogen-bond donors (Lipinski definition) is 0. The lowest BCUT2D eigenvalue weighted by Crippen LogP contribution is -1.67. The lowest BCUT2D eigenvalue weighted by molar-refractivity contribution is 0.772. The molecule has 0 spiro atoms. The van der Waals surface area contributed by atoms with Crippen LogP contribution >= 0.6 is 0 Å². The van der Waals surface area contributed by atoms with Crippen LogP contribution in [0.25, 0.3) is 21.5 Å². The predicted molar refractivity (Wildman–Crippen MR) is 136 cm³/mol. The smallest absolute Gasteiger partial charge is 0.0184 e. The fraction of sp³-hybridized carbons (Fsp3) is 0.310. The largest absolute Gasteiger partial charge is 0.0683 e. The number of rotatable bonds is 2. The molecule has 0 nitrogen and oxygen atoms in total. The molecule has 4 aromatic carbocycles. The van der Waals surface area contributed by atoms with E-state index in [2.05, 4.69) is 111 Å². The summed E-state index contributed by atoms with van der Waals surface area (Å²) in [5.74, 6) is 0. The van der Waals surface area contributed by atoms with E-state index in [9.17, 15) is 0 Å². The van der Waals surface area contributed by atoms with Gasteiger partial charge in [0.2, 0.25) is 0 Å². The van der Waals surface area contributed by atoms with Crippen molar-refractivity contribution in [3.05, 3.63) is 97.1 Å². The first kappa shape index (κ1) is 26.4. The molecule has 0 heterocycles. The Labute approximate surface area is 179 Å². The summed E-state index contributed by atoms with van der Waals surface area (Å²) in [5, 5.41) is 5.24. The molecule has 4 rings (SSSR count). The Morgan fingerprint density at radius 1 is 0.379 bits per heavy atom. The van der Waals surface area contributed by atoms with E-state index in [4.69, 9.17) is 0 Å². The van der Waals surface area contributed by atoms with Crippen LogP contribution in [0, 0.1) is 0 Å². The molecule has 0 aliphatic carbocycles. The van der Waals surface area contributed by atoms with E-state index < -0.39 is 0 Å². The second-order valence-corrected chi connectivity index (χ2v) is 6.05. The second-order valence-electron chi connectivity index (χ2n) is 6.05. The van der Waals surface area contributed by atoms with Crippen LogP contribution in [0.2, 0.25) is 0 Å². The summed E-state index contributed by atoms with van der Waals surface area (Å²) in [4.78, 5) is 0. The van der Waals surface area contributed by atoms with Gasteiger partial charge in [-0.3, -0.25) is 0 Å². The third-order valence-electron chi connectivity index (χ3n) is 4.02. The molecule has 0 atom stereocenters. The fourth-order valence-corrected chi connectivity index (χ4v) is 2.62. The highest BCUT2D eigenvalue weighted by atomic mass is 13.9. The first-order chi connectivity index (χ1) is 14.3. The number of hydrogen-bond acceptors (Lipinski definition) is 0. The Hall–Kier alpha value is -2.60. The highest BCUT2D eigenvalue weighted by molar-refractivity contribution is 5.82. The van der Waals surface area contributed by atoms with Crippen molar-refractivity contribution >= 4 is 21.5 Å². The second kappa shape index (κ2) is 18.7. The van der Waals surface area contributed by atoms with Crippen LogP contribution in [-0.4, -0.2) is 0 Å². The van der Waals surface area contributed by atoms with Gasteiger partial charge >= 0.3 is 0 Å². The Morgan fingerprint density at radius 2 is 0.552 bits per heavy atom. The average Bonchev–Trinajstić information content (AvgIpc) is 2.83. The molecule has 0 unspecified atom stereocenters. The molecule has 0 bridgehead atoms. The van der Waals surface area contributed by atoms with Gasteiger partial charge in [0.15, 0.2) is 0 Å². The van der Waals surface area contributed by atoms with Gasteiger partial charge in [0, 0.05) is 0 Å². The molecule has 0 saturated carbocycles. The highest BCUT2D eigenvalue weighted by Crippen LogP contribution is 2.12. The lowest BCUT2D eigenvalue weighted by atomic mass is 10.1. The predicted octanol–water partition coefficient (Wildman–Crippen LogP) is 9.93. The maximum absolute atomic E-state index is 2.21. The van der Waals surface area contributed by atoms with E-state index in [0.29, 0.717) is 0 Å². The summed E-state index contributed by atoms with van der Waals surface area (Å²) in [7, 11) is 0. The van der Waals surface area contributed by atoms with Crippen LogP contribution in [0.15, 0.2) is 97.1 Å². The minimum Gasteiger partial charge on any atom is -0.0683 e. The summed E-state index contributed by atoms with van der Waals surface area (Å²) < 4.78 is 0. The maximum atomic E-state index is 2.21. The normalized spacial score (nSPS) is 8.76. The van der Waals surface area contributed by atoms with Crippen molar-refractivity contribution in [1.82, 2.24) is 0 Å². The van der Waals surface area contributed by atoms with Crippen molar-refractivity contribution in [2.24, 2.45) is 0 Å². The van der Waals surface area contributed by atoms with Crippen LogP contribution in [0.5, 0.6) is 0 Å². The quantitative estimate of drug-likeness (QED) is 0.320. The van der Waals surface area contributed by atoms with E-state index in [1.165, 1.54) is 40.8 Å². The van der Waals surface area contributed by atoms with Gasteiger partial charge in [-0.25, -0.2) is 0 Å². The zero-order chi connectivity index (χ0) is 21.7. The van der Waals surface area contributed by atoms with Crippen LogP contribution < -0.4 is 0 Å². The minimum atomic E-state index is 1.31. The van der Waals surface area contributed by atoms with Crippen molar-refractivity contribution in [3.63, 3.8) is 0 Å². The Balaban J connectivity index is 0.000000392. The lowest BCUT2D eigenvalue weighted by Gasteiger charge is -1.92. The molecule has 0 amide bonds. The molecule has 156 valence electrons. The van der Waals surface area contributed by atoms with E-state index >= 15 is 0 Å². The van der Waals surface area contributed by atoms with Gasteiger partial charge in [-0.05, 0) is 21.5 Å². The van der Waals surface area contributed by atoms with Crippen LogP contribution in [0.3, 0.4) is 0 Å². The zero-order valence-electron chi connectivity index (χ0n) is 19.4. The molecule has 29 heavy (non-hydrogen) atoms.